The van der Waals surface area contributed by atoms with E-state index in [1.165, 1.54) is 0 Å². The van der Waals surface area contributed by atoms with Gasteiger partial charge in [-0.15, -0.1) is 0 Å². The van der Waals surface area contributed by atoms with Crippen LogP contribution in [-0.4, -0.2) is 93.6 Å². The van der Waals surface area contributed by atoms with Crippen molar-refractivity contribution in [1.29, 1.82) is 0 Å². The summed E-state index contributed by atoms with van der Waals surface area (Å²) >= 11 is 0. The third-order valence-electron chi connectivity index (χ3n) is 0. The number of hydrogen-bond acceptors (Lipinski definition) is 2. The monoisotopic (exact) mass is 370 g/mol. The van der Waals surface area contributed by atoms with Gasteiger partial charge in [0.2, 0.25) is 0 Å². The van der Waals surface area contributed by atoms with Gasteiger partial charge in [0, 0.05) is 5.97 Å². The van der Waals surface area contributed by atoms with Crippen LogP contribution in [0.25, 0.3) is 0 Å². The SMILES string of the molecule is CC(=O)[O-].O.O.O.O.O.O.O.O.O.O.O.O.O.O.O.O.[Na+]. The minimum absolute atomic E-state index is 0. The summed E-state index contributed by atoms with van der Waals surface area (Å²) in [4.78, 5) is 8.89. The third-order valence-corrected chi connectivity index (χ3v) is 0. The summed E-state index contributed by atoms with van der Waals surface area (Å²) in [5, 5.41) is 8.89. The van der Waals surface area contributed by atoms with E-state index in [1.54, 1.807) is 0 Å². The van der Waals surface area contributed by atoms with Crippen molar-refractivity contribution in [3.8, 4) is 0 Å². The zero-order valence-electron chi connectivity index (χ0n) is 11.3. The number of carbonyl (C=O) groups is 1. The molecule has 0 aromatic carbocycles. The van der Waals surface area contributed by atoms with Gasteiger partial charge in [-0.2, -0.15) is 0 Å². The van der Waals surface area contributed by atoms with Crippen LogP contribution in [0.5, 0.6) is 0 Å². The molecule has 21 heavy (non-hydrogen) atoms. The van der Waals surface area contributed by atoms with E-state index in [0.717, 1.165) is 6.92 Å². The minimum Gasteiger partial charge on any atom is -0.550 e. The predicted octanol–water partition coefficient (Wildman–Crippen LogP) is -17.4. The van der Waals surface area contributed by atoms with Crippen molar-refractivity contribution in [3.05, 3.63) is 0 Å². The quantitative estimate of drug-likeness (QED) is 0.374. The molecule has 0 saturated carbocycles. The molecule has 0 amide bonds. The second-order valence-electron chi connectivity index (χ2n) is 0.492. The van der Waals surface area contributed by atoms with Gasteiger partial charge < -0.3 is 97.5 Å². The number of carboxylic acid groups (broad SMARTS) is 1. The normalized spacial score (nSPS) is 1.19. The molecule has 18 nitrogen and oxygen atoms in total. The summed E-state index contributed by atoms with van der Waals surface area (Å²) in [5.41, 5.74) is 0. The van der Waals surface area contributed by atoms with Gasteiger partial charge in [-0.3, -0.25) is 0 Å². The van der Waals surface area contributed by atoms with Crippen molar-refractivity contribution < 1.29 is 127 Å². The maximum atomic E-state index is 8.89. The van der Waals surface area contributed by atoms with Crippen LogP contribution in [-0.2, 0) is 4.79 Å². The number of aliphatic carboxylic acids is 1. The molecule has 0 bridgehead atoms. The Morgan fingerprint density at radius 3 is 0.476 bits per heavy atom. The van der Waals surface area contributed by atoms with Gasteiger partial charge in [0.05, 0.1) is 0 Å². The van der Waals surface area contributed by atoms with Crippen molar-refractivity contribution >= 4 is 5.97 Å². The second-order valence-corrected chi connectivity index (χ2v) is 0.492. The smallest absolute Gasteiger partial charge is 0.550 e. The summed E-state index contributed by atoms with van der Waals surface area (Å²) in [6.45, 7) is 0.972. The Morgan fingerprint density at radius 1 is 0.476 bits per heavy atom. The van der Waals surface area contributed by atoms with Gasteiger partial charge in [0.15, 0.2) is 0 Å². The van der Waals surface area contributed by atoms with Crippen molar-refractivity contribution in [2.75, 3.05) is 0 Å². The molecule has 0 spiro atoms. The standard InChI is InChI=1S/C2H4O2.Na.16H2O/c1-2(3)4;;;;;;;;;;;;;;;;;/h1H3,(H,3,4);;16*1H2/q;+1;;;;;;;;;;;;;;;;/p-1. The Labute approximate surface area is 140 Å². The molecule has 0 aliphatic carbocycles. The summed E-state index contributed by atoms with van der Waals surface area (Å²) in [6, 6.07) is 0. The molecule has 0 aliphatic rings. The fourth-order valence-corrected chi connectivity index (χ4v) is 0. The summed E-state index contributed by atoms with van der Waals surface area (Å²) in [5.74, 6) is -1.08. The van der Waals surface area contributed by atoms with Crippen LogP contribution >= 0.6 is 0 Å². The van der Waals surface area contributed by atoms with Gasteiger partial charge in [-0.25, -0.2) is 0 Å². The van der Waals surface area contributed by atoms with E-state index in [9.17, 15) is 0 Å². The Kier molecular flexibility index (Phi) is 42800. The first-order valence-electron chi connectivity index (χ1n) is 0.908. The van der Waals surface area contributed by atoms with Gasteiger partial charge in [0.1, 0.15) is 0 Å². The Bertz CT molecular complexity index is 38.2. The van der Waals surface area contributed by atoms with Crippen molar-refractivity contribution in [1.82, 2.24) is 0 Å². The van der Waals surface area contributed by atoms with Gasteiger partial charge in [-0.1, -0.05) is 0 Å². The predicted molar refractivity (Wildman–Crippen MR) is 68.5 cm³/mol. The van der Waals surface area contributed by atoms with Crippen LogP contribution in [0, 0.1) is 0 Å². The van der Waals surface area contributed by atoms with Crippen molar-refractivity contribution in [3.63, 3.8) is 0 Å². The van der Waals surface area contributed by atoms with Crippen LogP contribution < -0.4 is 34.7 Å². The number of rotatable bonds is 0. The molecule has 0 aromatic heterocycles. The van der Waals surface area contributed by atoms with Crippen LogP contribution in [0.1, 0.15) is 6.92 Å². The molecule has 0 aromatic rings. The number of carboxylic acids is 1. The van der Waals surface area contributed by atoms with E-state index in [4.69, 9.17) is 9.90 Å². The molecule has 0 unspecified atom stereocenters. The zero-order chi connectivity index (χ0) is 3.58. The molecule has 0 radical (unpaired) electrons. The Balaban J connectivity index is -0.000000000331. The summed E-state index contributed by atoms with van der Waals surface area (Å²) < 4.78 is 0. The Morgan fingerprint density at radius 2 is 0.476 bits per heavy atom. The van der Waals surface area contributed by atoms with E-state index in [0.29, 0.717) is 0 Å². The van der Waals surface area contributed by atoms with Crippen LogP contribution in [0.15, 0.2) is 0 Å². The molecule has 0 atom stereocenters. The van der Waals surface area contributed by atoms with E-state index >= 15 is 0 Å². The molecule has 19 heteroatoms. The average Bonchev–Trinajstić information content (AvgIpc) is 0.811. The van der Waals surface area contributed by atoms with Crippen LogP contribution in [0.3, 0.4) is 0 Å². The summed E-state index contributed by atoms with van der Waals surface area (Å²) in [6.07, 6.45) is 0. The molecular formula is C2H35NaO18. The van der Waals surface area contributed by atoms with Gasteiger partial charge >= 0.3 is 29.6 Å². The molecule has 0 saturated heterocycles. The minimum atomic E-state index is -1.08. The van der Waals surface area contributed by atoms with Gasteiger partial charge in [0.25, 0.3) is 0 Å². The molecule has 0 aliphatic heterocycles. The third kappa shape index (κ3) is 218000. The first-order chi connectivity index (χ1) is 1.73. The second kappa shape index (κ2) is 878. The fourth-order valence-electron chi connectivity index (χ4n) is 0. The van der Waals surface area contributed by atoms with Crippen LogP contribution in [0.2, 0.25) is 0 Å². The van der Waals surface area contributed by atoms with E-state index in [2.05, 4.69) is 0 Å². The molecule has 0 heterocycles. The van der Waals surface area contributed by atoms with E-state index in [-0.39, 0.29) is 117 Å². The van der Waals surface area contributed by atoms with Crippen LogP contribution in [0.4, 0.5) is 0 Å². The average molecular weight is 370 g/mol. The number of carbonyl (C=O) groups excluding carboxylic acids is 1. The first-order valence-corrected chi connectivity index (χ1v) is 0.908. The fraction of sp³-hybridized carbons (Fsp3) is 0.500. The zero-order valence-corrected chi connectivity index (χ0v) is 13.3. The maximum absolute atomic E-state index is 8.89. The number of hydrogen-bond donors (Lipinski definition) is 0. The molecule has 152 valence electrons. The molecule has 0 fully saturated rings. The molecule has 32 N–H and O–H groups in total. The van der Waals surface area contributed by atoms with E-state index < -0.39 is 5.97 Å². The maximum Gasteiger partial charge on any atom is 1.00 e. The molecule has 0 rings (SSSR count). The van der Waals surface area contributed by atoms with Crippen molar-refractivity contribution in [2.24, 2.45) is 0 Å². The first kappa shape index (κ1) is 1020. The molecular weight excluding hydrogens is 335 g/mol. The van der Waals surface area contributed by atoms with Gasteiger partial charge in [-0.05, 0) is 6.92 Å². The Hall–Kier alpha value is -0.170. The topological polar surface area (TPSA) is 544 Å². The largest absolute Gasteiger partial charge is 1.00 e. The van der Waals surface area contributed by atoms with E-state index in [1.807, 2.05) is 0 Å². The van der Waals surface area contributed by atoms with Crippen molar-refractivity contribution in [2.45, 2.75) is 6.92 Å². The summed E-state index contributed by atoms with van der Waals surface area (Å²) in [7, 11) is 0.